The van der Waals surface area contributed by atoms with Crippen LogP contribution in [0, 0.1) is 5.92 Å². The molecule has 1 fully saturated rings. The van der Waals surface area contributed by atoms with Crippen molar-refractivity contribution >= 4 is 27.5 Å². The lowest BCUT2D eigenvalue weighted by Gasteiger charge is -2.32. The second kappa shape index (κ2) is 10.1. The summed E-state index contributed by atoms with van der Waals surface area (Å²) in [5.41, 5.74) is 1.04. The lowest BCUT2D eigenvalue weighted by atomic mass is 9.96. The molecule has 1 N–H and O–H groups in total. The van der Waals surface area contributed by atoms with E-state index in [4.69, 9.17) is 0 Å². The van der Waals surface area contributed by atoms with E-state index in [-0.39, 0.29) is 22.6 Å². The first-order chi connectivity index (χ1) is 14.9. The summed E-state index contributed by atoms with van der Waals surface area (Å²) in [6.07, 6.45) is 1.43. The van der Waals surface area contributed by atoms with E-state index in [1.807, 2.05) is 30.3 Å². The van der Waals surface area contributed by atoms with E-state index in [9.17, 15) is 18.0 Å². The zero-order valence-corrected chi connectivity index (χ0v) is 18.8. The van der Waals surface area contributed by atoms with Gasteiger partial charge in [0, 0.05) is 37.4 Å². The van der Waals surface area contributed by atoms with Gasteiger partial charge in [-0.3, -0.25) is 9.59 Å². The van der Waals surface area contributed by atoms with Crippen molar-refractivity contribution in [1.82, 2.24) is 9.21 Å². The Morgan fingerprint density at radius 2 is 1.77 bits per heavy atom. The average molecular weight is 444 g/mol. The number of hydrogen-bond acceptors (Lipinski definition) is 4. The van der Waals surface area contributed by atoms with Crippen LogP contribution in [-0.4, -0.2) is 55.6 Å². The van der Waals surface area contributed by atoms with Gasteiger partial charge in [-0.1, -0.05) is 38.1 Å². The maximum absolute atomic E-state index is 13.1. The van der Waals surface area contributed by atoms with Crippen molar-refractivity contribution in [2.75, 3.05) is 31.5 Å². The molecule has 166 valence electrons. The zero-order valence-electron chi connectivity index (χ0n) is 18.0. The predicted molar refractivity (Wildman–Crippen MR) is 120 cm³/mol. The molecule has 2 aromatic rings. The molecule has 8 heteroatoms. The Hall–Kier alpha value is -2.71. The van der Waals surface area contributed by atoms with Crippen LogP contribution in [0.4, 0.5) is 5.69 Å². The quantitative estimate of drug-likeness (QED) is 0.712. The Labute approximate surface area is 184 Å². The molecule has 1 aliphatic heterocycles. The van der Waals surface area contributed by atoms with E-state index in [1.165, 1.54) is 16.4 Å². The molecule has 2 amide bonds. The molecule has 7 nitrogen and oxygen atoms in total. The fourth-order valence-corrected chi connectivity index (χ4v) is 5.33. The molecule has 1 unspecified atom stereocenters. The number of carbonyl (C=O) groups excluding carboxylic acids is 2. The number of amides is 2. The van der Waals surface area contributed by atoms with Crippen LogP contribution in [0.1, 0.15) is 37.0 Å². The number of rotatable bonds is 7. The van der Waals surface area contributed by atoms with Gasteiger partial charge in [0.2, 0.25) is 15.9 Å². The highest BCUT2D eigenvalue weighted by atomic mass is 32.2. The van der Waals surface area contributed by atoms with Crippen LogP contribution in [0.15, 0.2) is 59.5 Å². The fraction of sp³-hybridized carbons (Fsp3) is 0.391. The van der Waals surface area contributed by atoms with Crippen LogP contribution in [0.5, 0.6) is 0 Å². The molecule has 0 aliphatic carbocycles. The summed E-state index contributed by atoms with van der Waals surface area (Å²) in [5.74, 6) is -0.670. The van der Waals surface area contributed by atoms with Gasteiger partial charge in [0.25, 0.3) is 5.91 Å². The minimum Gasteiger partial charge on any atom is -0.338 e. The molecule has 1 atom stereocenters. The summed E-state index contributed by atoms with van der Waals surface area (Å²) in [4.78, 5) is 27.5. The van der Waals surface area contributed by atoms with E-state index in [1.54, 1.807) is 30.9 Å². The minimum absolute atomic E-state index is 0.109. The second-order valence-corrected chi connectivity index (χ2v) is 9.50. The molecule has 3 rings (SSSR count). The van der Waals surface area contributed by atoms with Crippen LogP contribution in [0.2, 0.25) is 0 Å². The van der Waals surface area contributed by atoms with Gasteiger partial charge in [0.1, 0.15) is 0 Å². The smallest absolute Gasteiger partial charge is 0.253 e. The highest BCUT2D eigenvalue weighted by Crippen LogP contribution is 2.22. The van der Waals surface area contributed by atoms with Crippen LogP contribution < -0.4 is 5.32 Å². The number of nitrogens with one attached hydrogen (secondary N) is 1. The summed E-state index contributed by atoms with van der Waals surface area (Å²) in [5, 5.41) is 2.90. The Kier molecular flexibility index (Phi) is 7.46. The van der Waals surface area contributed by atoms with Gasteiger partial charge in [0.15, 0.2) is 0 Å². The van der Waals surface area contributed by atoms with Crippen molar-refractivity contribution in [3.63, 3.8) is 0 Å². The number of piperidine rings is 1. The third-order valence-corrected chi connectivity index (χ3v) is 7.59. The topological polar surface area (TPSA) is 86.8 Å². The number of benzene rings is 2. The summed E-state index contributed by atoms with van der Waals surface area (Å²) in [6.45, 7) is 5.14. The first-order valence-electron chi connectivity index (χ1n) is 10.6. The first-order valence-corrected chi connectivity index (χ1v) is 12.1. The van der Waals surface area contributed by atoms with Crippen molar-refractivity contribution < 1.29 is 18.0 Å². The van der Waals surface area contributed by atoms with E-state index in [0.717, 1.165) is 12.1 Å². The van der Waals surface area contributed by atoms with Crippen LogP contribution in [0.3, 0.4) is 0 Å². The molecule has 31 heavy (non-hydrogen) atoms. The van der Waals surface area contributed by atoms with Crippen molar-refractivity contribution in [2.45, 2.75) is 31.6 Å². The molecule has 2 aromatic carbocycles. The van der Waals surface area contributed by atoms with E-state index in [2.05, 4.69) is 5.32 Å². The number of sulfonamides is 1. The van der Waals surface area contributed by atoms with Crippen LogP contribution in [0.25, 0.3) is 0 Å². The highest BCUT2D eigenvalue weighted by Gasteiger charge is 2.30. The maximum Gasteiger partial charge on any atom is 0.253 e. The Bertz CT molecular complexity index is 1020. The lowest BCUT2D eigenvalue weighted by molar-refractivity contribution is -0.121. The molecule has 0 aromatic heterocycles. The highest BCUT2D eigenvalue weighted by molar-refractivity contribution is 7.89. The normalized spacial score (nSPS) is 16.9. The lowest BCUT2D eigenvalue weighted by Crippen LogP contribution is -2.43. The summed E-state index contributed by atoms with van der Waals surface area (Å²) in [6, 6.07) is 15.4. The predicted octanol–water partition coefficient (Wildman–Crippen LogP) is 3.21. The van der Waals surface area contributed by atoms with E-state index in [0.29, 0.717) is 38.2 Å². The van der Waals surface area contributed by atoms with Crippen molar-refractivity contribution in [3.8, 4) is 0 Å². The third-order valence-electron chi connectivity index (χ3n) is 5.54. The molecule has 0 saturated carbocycles. The summed E-state index contributed by atoms with van der Waals surface area (Å²) in [7, 11) is -3.65. The van der Waals surface area contributed by atoms with Crippen LogP contribution >= 0.6 is 0 Å². The largest absolute Gasteiger partial charge is 0.338 e. The van der Waals surface area contributed by atoms with Gasteiger partial charge in [-0.05, 0) is 43.2 Å². The molecule has 0 spiro atoms. The van der Waals surface area contributed by atoms with E-state index >= 15 is 0 Å². The molecular formula is C23H29N3O4S. The maximum atomic E-state index is 13.1. The molecule has 1 heterocycles. The van der Waals surface area contributed by atoms with Gasteiger partial charge in [0.05, 0.1) is 10.8 Å². The number of carbonyl (C=O) groups is 2. The van der Waals surface area contributed by atoms with Crippen molar-refractivity contribution in [2.24, 2.45) is 5.92 Å². The van der Waals surface area contributed by atoms with Crippen LogP contribution in [-0.2, 0) is 14.8 Å². The molecule has 1 aliphatic rings. The number of hydrogen-bond donors (Lipinski definition) is 1. The molecule has 0 bridgehead atoms. The molecular weight excluding hydrogens is 414 g/mol. The van der Waals surface area contributed by atoms with Crippen molar-refractivity contribution in [1.29, 1.82) is 0 Å². The molecule has 1 saturated heterocycles. The fourth-order valence-electron chi connectivity index (χ4n) is 3.83. The average Bonchev–Trinajstić information content (AvgIpc) is 2.80. The third kappa shape index (κ3) is 5.32. The van der Waals surface area contributed by atoms with Gasteiger partial charge >= 0.3 is 0 Å². The standard InChI is InChI=1S/C23H29N3O4S/c1-3-26(4-2)31(29,30)21-14-8-10-18(16-21)23(28)25-15-9-11-19(17-25)22(27)24-20-12-6-5-7-13-20/h5-8,10,12-14,16,19H,3-4,9,11,15,17H2,1-2H3,(H,24,27). The zero-order chi connectivity index (χ0) is 22.4. The van der Waals surface area contributed by atoms with E-state index < -0.39 is 10.0 Å². The van der Waals surface area contributed by atoms with Gasteiger partial charge in [-0.15, -0.1) is 0 Å². The van der Waals surface area contributed by atoms with Gasteiger partial charge < -0.3 is 10.2 Å². The number of anilines is 1. The minimum atomic E-state index is -3.65. The van der Waals surface area contributed by atoms with Gasteiger partial charge in [-0.25, -0.2) is 8.42 Å². The number of nitrogens with zero attached hydrogens (tertiary/aromatic N) is 2. The monoisotopic (exact) mass is 443 g/mol. The first kappa shape index (κ1) is 23.0. The molecule has 0 radical (unpaired) electrons. The second-order valence-electron chi connectivity index (χ2n) is 7.56. The number of likely N-dealkylation sites (tertiary alicyclic amines) is 1. The van der Waals surface area contributed by atoms with Gasteiger partial charge in [-0.2, -0.15) is 4.31 Å². The Morgan fingerprint density at radius 1 is 1.06 bits per heavy atom. The van der Waals surface area contributed by atoms with Crippen molar-refractivity contribution in [3.05, 3.63) is 60.2 Å². The Morgan fingerprint density at radius 3 is 2.45 bits per heavy atom. The SMILES string of the molecule is CCN(CC)S(=O)(=O)c1cccc(C(=O)N2CCCC(C(=O)Nc3ccccc3)C2)c1. The number of para-hydroxylation sites is 1. The summed E-state index contributed by atoms with van der Waals surface area (Å²) < 4.78 is 27.0. The summed E-state index contributed by atoms with van der Waals surface area (Å²) >= 11 is 0. The Balaban J connectivity index is 1.73.